The first-order chi connectivity index (χ1) is 9.83. The normalized spacial score (nSPS) is 13.6. The maximum Gasteiger partial charge on any atom is 0.122 e. The molecule has 1 atom stereocenters. The molecule has 0 heterocycles. The summed E-state index contributed by atoms with van der Waals surface area (Å²) in [5.74, 6) is 6.84. The molecule has 120 valence electrons. The Balaban J connectivity index is 3.30. The Bertz CT molecular complexity index is 467. The second kappa shape index (κ2) is 7.25. The van der Waals surface area contributed by atoms with Crippen molar-refractivity contribution in [2.24, 2.45) is 5.84 Å². The summed E-state index contributed by atoms with van der Waals surface area (Å²) >= 11 is 0. The molecular weight excluding hydrogens is 262 g/mol. The molecule has 0 aliphatic carbocycles. The summed E-state index contributed by atoms with van der Waals surface area (Å²) in [5.41, 5.74) is 6.51. The van der Waals surface area contributed by atoms with E-state index in [1.165, 1.54) is 11.1 Å². The second-order valence-corrected chi connectivity index (χ2v) is 6.10. The van der Waals surface area contributed by atoms with Gasteiger partial charge in [0.05, 0.1) is 13.2 Å². The standard InChI is InChI=1S/C17H31N3O/c1-8-20(9-2)17(5,6)16(19-18)14-10-13(4)15(21-7)11-12(14)3/h10-11,16,19H,8-9,18H2,1-7H3. The van der Waals surface area contributed by atoms with Crippen LogP contribution in [0.15, 0.2) is 12.1 Å². The van der Waals surface area contributed by atoms with E-state index in [2.05, 4.69) is 64.0 Å². The van der Waals surface area contributed by atoms with Gasteiger partial charge in [0.15, 0.2) is 0 Å². The lowest BCUT2D eigenvalue weighted by Gasteiger charge is -2.43. The third kappa shape index (κ3) is 3.57. The van der Waals surface area contributed by atoms with Crippen molar-refractivity contribution in [3.8, 4) is 5.75 Å². The van der Waals surface area contributed by atoms with Gasteiger partial charge in [0.2, 0.25) is 0 Å². The molecule has 0 aliphatic rings. The zero-order chi connectivity index (χ0) is 16.2. The minimum atomic E-state index is -0.0793. The summed E-state index contributed by atoms with van der Waals surface area (Å²) in [6, 6.07) is 4.33. The van der Waals surface area contributed by atoms with E-state index in [9.17, 15) is 0 Å². The lowest BCUT2D eigenvalue weighted by atomic mass is 9.84. The smallest absolute Gasteiger partial charge is 0.122 e. The number of ether oxygens (including phenoxy) is 1. The average Bonchev–Trinajstić information content (AvgIpc) is 2.43. The first-order valence-corrected chi connectivity index (χ1v) is 7.69. The van der Waals surface area contributed by atoms with E-state index in [0.717, 1.165) is 24.4 Å². The van der Waals surface area contributed by atoms with Crippen LogP contribution in [-0.2, 0) is 0 Å². The van der Waals surface area contributed by atoms with Crippen molar-refractivity contribution in [3.05, 3.63) is 28.8 Å². The van der Waals surface area contributed by atoms with Crippen molar-refractivity contribution in [1.82, 2.24) is 10.3 Å². The maximum atomic E-state index is 5.92. The van der Waals surface area contributed by atoms with Crippen LogP contribution in [0, 0.1) is 13.8 Å². The highest BCUT2D eigenvalue weighted by Crippen LogP contribution is 2.34. The SMILES string of the molecule is CCN(CC)C(C)(C)C(NN)c1cc(C)c(OC)cc1C. The van der Waals surface area contributed by atoms with E-state index in [0.29, 0.717) is 0 Å². The lowest BCUT2D eigenvalue weighted by molar-refractivity contribution is 0.0909. The molecule has 1 aromatic carbocycles. The van der Waals surface area contributed by atoms with Crippen LogP contribution in [0.4, 0.5) is 0 Å². The minimum Gasteiger partial charge on any atom is -0.496 e. The number of nitrogens with two attached hydrogens (primary N) is 1. The number of hydrazine groups is 1. The van der Waals surface area contributed by atoms with Crippen molar-refractivity contribution < 1.29 is 4.74 Å². The van der Waals surface area contributed by atoms with E-state index in [4.69, 9.17) is 10.6 Å². The Hall–Kier alpha value is -1.10. The minimum absolute atomic E-state index is 0.0574. The van der Waals surface area contributed by atoms with Crippen LogP contribution in [0.3, 0.4) is 0 Å². The molecule has 1 rings (SSSR count). The highest BCUT2D eigenvalue weighted by molar-refractivity contribution is 5.43. The van der Waals surface area contributed by atoms with Gasteiger partial charge in [-0.15, -0.1) is 0 Å². The van der Waals surface area contributed by atoms with Crippen molar-refractivity contribution >= 4 is 0 Å². The molecule has 4 heteroatoms. The van der Waals surface area contributed by atoms with E-state index in [-0.39, 0.29) is 11.6 Å². The van der Waals surface area contributed by atoms with Gasteiger partial charge >= 0.3 is 0 Å². The summed E-state index contributed by atoms with van der Waals surface area (Å²) in [4.78, 5) is 2.43. The number of hydrogen-bond acceptors (Lipinski definition) is 4. The number of rotatable bonds is 7. The van der Waals surface area contributed by atoms with Gasteiger partial charge in [-0.25, -0.2) is 0 Å². The van der Waals surface area contributed by atoms with E-state index >= 15 is 0 Å². The third-order valence-electron chi connectivity index (χ3n) is 4.55. The number of likely N-dealkylation sites (N-methyl/N-ethyl adjacent to an activating group) is 1. The van der Waals surface area contributed by atoms with Crippen LogP contribution in [0.5, 0.6) is 5.75 Å². The molecule has 0 amide bonds. The predicted octanol–water partition coefficient (Wildman–Crippen LogP) is 2.94. The topological polar surface area (TPSA) is 50.5 Å². The fourth-order valence-corrected chi connectivity index (χ4v) is 3.24. The number of aryl methyl sites for hydroxylation is 2. The molecule has 0 saturated carbocycles. The summed E-state index contributed by atoms with van der Waals surface area (Å²) in [6.45, 7) is 15.0. The fraction of sp³-hybridized carbons (Fsp3) is 0.647. The molecule has 0 spiro atoms. The molecule has 0 bridgehead atoms. The van der Waals surface area contributed by atoms with Crippen LogP contribution in [0.25, 0.3) is 0 Å². The van der Waals surface area contributed by atoms with Crippen LogP contribution in [0.2, 0.25) is 0 Å². The first-order valence-electron chi connectivity index (χ1n) is 7.69. The van der Waals surface area contributed by atoms with Gasteiger partial charge in [-0.2, -0.15) is 0 Å². The molecule has 0 aromatic heterocycles. The molecule has 21 heavy (non-hydrogen) atoms. The summed E-state index contributed by atoms with van der Waals surface area (Å²) < 4.78 is 5.41. The quantitative estimate of drug-likeness (QED) is 0.599. The van der Waals surface area contributed by atoms with Crippen LogP contribution < -0.4 is 16.0 Å². The molecule has 4 nitrogen and oxygen atoms in total. The highest BCUT2D eigenvalue weighted by atomic mass is 16.5. The number of nitrogens with one attached hydrogen (secondary N) is 1. The molecule has 0 saturated heterocycles. The number of hydrogen-bond donors (Lipinski definition) is 2. The maximum absolute atomic E-state index is 5.92. The Morgan fingerprint density at radius 1 is 1.19 bits per heavy atom. The lowest BCUT2D eigenvalue weighted by Crippen LogP contribution is -2.54. The summed E-state index contributed by atoms with van der Waals surface area (Å²) in [7, 11) is 1.71. The van der Waals surface area contributed by atoms with Gasteiger partial charge in [0.1, 0.15) is 5.75 Å². The van der Waals surface area contributed by atoms with Gasteiger partial charge in [0.25, 0.3) is 0 Å². The largest absolute Gasteiger partial charge is 0.496 e. The Morgan fingerprint density at radius 3 is 2.19 bits per heavy atom. The van der Waals surface area contributed by atoms with E-state index in [1.54, 1.807) is 7.11 Å². The second-order valence-electron chi connectivity index (χ2n) is 6.10. The number of nitrogens with zero attached hydrogens (tertiary/aromatic N) is 1. The van der Waals surface area contributed by atoms with Gasteiger partial charge in [-0.3, -0.25) is 16.2 Å². The molecule has 1 unspecified atom stereocenters. The third-order valence-corrected chi connectivity index (χ3v) is 4.55. The Kier molecular flexibility index (Phi) is 6.20. The molecule has 0 fully saturated rings. The van der Waals surface area contributed by atoms with Crippen molar-refractivity contribution in [2.45, 2.75) is 53.1 Å². The number of benzene rings is 1. The summed E-state index contributed by atoms with van der Waals surface area (Å²) in [5, 5.41) is 0. The van der Waals surface area contributed by atoms with Gasteiger partial charge in [0, 0.05) is 5.54 Å². The van der Waals surface area contributed by atoms with Gasteiger partial charge in [-0.1, -0.05) is 19.9 Å². The van der Waals surface area contributed by atoms with Crippen LogP contribution in [-0.4, -0.2) is 30.6 Å². The zero-order valence-corrected chi connectivity index (χ0v) is 14.6. The highest BCUT2D eigenvalue weighted by Gasteiger charge is 2.35. The van der Waals surface area contributed by atoms with Crippen molar-refractivity contribution in [2.75, 3.05) is 20.2 Å². The van der Waals surface area contributed by atoms with Crippen molar-refractivity contribution in [3.63, 3.8) is 0 Å². The monoisotopic (exact) mass is 293 g/mol. The van der Waals surface area contributed by atoms with Gasteiger partial charge in [-0.05, 0) is 63.5 Å². The predicted molar refractivity (Wildman–Crippen MR) is 89.5 cm³/mol. The molecular formula is C17H31N3O. The van der Waals surface area contributed by atoms with Crippen LogP contribution in [0.1, 0.15) is 50.4 Å². The molecule has 0 radical (unpaired) electrons. The van der Waals surface area contributed by atoms with Crippen LogP contribution >= 0.6 is 0 Å². The fourth-order valence-electron chi connectivity index (χ4n) is 3.24. The zero-order valence-electron chi connectivity index (χ0n) is 14.6. The molecule has 0 aliphatic heterocycles. The van der Waals surface area contributed by atoms with E-state index < -0.39 is 0 Å². The number of methoxy groups -OCH3 is 1. The molecule has 1 aromatic rings. The Morgan fingerprint density at radius 2 is 1.76 bits per heavy atom. The molecule has 3 N–H and O–H groups in total. The average molecular weight is 293 g/mol. The van der Waals surface area contributed by atoms with Gasteiger partial charge < -0.3 is 4.74 Å². The summed E-state index contributed by atoms with van der Waals surface area (Å²) in [6.07, 6.45) is 0. The van der Waals surface area contributed by atoms with E-state index in [1.807, 2.05) is 0 Å². The Labute approximate surface area is 129 Å². The first kappa shape index (κ1) is 18.0. The van der Waals surface area contributed by atoms with Crippen molar-refractivity contribution in [1.29, 1.82) is 0 Å².